The number of morpholine rings is 1. The summed E-state index contributed by atoms with van der Waals surface area (Å²) in [5.74, 6) is 0.374. The van der Waals surface area contributed by atoms with Crippen LogP contribution >= 0.6 is 0 Å². The maximum Gasteiger partial charge on any atom is 0.294 e. The predicted octanol–water partition coefficient (Wildman–Crippen LogP) is 2.50. The molecule has 36 heavy (non-hydrogen) atoms. The number of hydrogen-bond donors (Lipinski definition) is 1. The summed E-state index contributed by atoms with van der Waals surface area (Å²) < 4.78 is 7.20. The molecule has 0 radical (unpaired) electrons. The Morgan fingerprint density at radius 1 is 1.03 bits per heavy atom. The van der Waals surface area contributed by atoms with Crippen molar-refractivity contribution in [3.8, 4) is 0 Å². The molecule has 2 fully saturated rings. The first-order valence-corrected chi connectivity index (χ1v) is 13.1. The van der Waals surface area contributed by atoms with E-state index in [1.54, 1.807) is 0 Å². The van der Waals surface area contributed by atoms with E-state index in [0.717, 1.165) is 75.3 Å². The van der Waals surface area contributed by atoms with Crippen LogP contribution in [-0.2, 0) is 16.1 Å². The summed E-state index contributed by atoms with van der Waals surface area (Å²) in [6.45, 7) is 6.89. The van der Waals surface area contributed by atoms with Gasteiger partial charge < -0.3 is 15.0 Å². The maximum atomic E-state index is 13.7. The monoisotopic (exact) mass is 489 g/mol. The lowest BCUT2D eigenvalue weighted by Gasteiger charge is -2.33. The maximum absolute atomic E-state index is 13.7. The molecule has 1 atom stereocenters. The van der Waals surface area contributed by atoms with Gasteiger partial charge >= 0.3 is 0 Å². The number of benzene rings is 2. The van der Waals surface area contributed by atoms with Gasteiger partial charge in [-0.05, 0) is 43.5 Å². The van der Waals surface area contributed by atoms with Crippen LogP contribution in [0, 0.1) is 5.92 Å². The number of nitrogens with one attached hydrogen (secondary N) is 1. The van der Waals surface area contributed by atoms with Crippen LogP contribution in [0.2, 0.25) is 0 Å². The van der Waals surface area contributed by atoms with Gasteiger partial charge in [-0.3, -0.25) is 19.1 Å². The van der Waals surface area contributed by atoms with Crippen LogP contribution < -0.4 is 15.8 Å². The van der Waals surface area contributed by atoms with Crippen molar-refractivity contribution in [3.63, 3.8) is 0 Å². The quantitative estimate of drug-likeness (QED) is 0.490. The molecule has 190 valence electrons. The van der Waals surface area contributed by atoms with Gasteiger partial charge in [-0.25, -0.2) is 4.98 Å². The third kappa shape index (κ3) is 5.77. The largest absolute Gasteiger partial charge is 0.379 e. The number of anilines is 1. The van der Waals surface area contributed by atoms with Crippen molar-refractivity contribution in [1.29, 1.82) is 0 Å². The van der Waals surface area contributed by atoms with Crippen LogP contribution in [0.4, 0.5) is 5.82 Å². The zero-order chi connectivity index (χ0) is 24.7. The van der Waals surface area contributed by atoms with Crippen LogP contribution in [0.5, 0.6) is 0 Å². The molecule has 8 heteroatoms. The lowest BCUT2D eigenvalue weighted by Crippen LogP contribution is -2.46. The Labute approximate surface area is 211 Å². The fourth-order valence-corrected chi connectivity index (χ4v) is 5.17. The van der Waals surface area contributed by atoms with Crippen molar-refractivity contribution in [2.45, 2.75) is 25.8 Å². The molecule has 3 aromatic rings. The summed E-state index contributed by atoms with van der Waals surface area (Å²) in [6, 6.07) is 17.8. The zero-order valence-corrected chi connectivity index (χ0v) is 20.8. The molecule has 2 aliphatic rings. The van der Waals surface area contributed by atoms with Gasteiger partial charge in [0, 0.05) is 32.7 Å². The Morgan fingerprint density at radius 2 is 1.81 bits per heavy atom. The summed E-state index contributed by atoms with van der Waals surface area (Å²) in [7, 11) is 0. The van der Waals surface area contributed by atoms with Crippen LogP contribution in [0.15, 0.2) is 59.4 Å². The van der Waals surface area contributed by atoms with Gasteiger partial charge in [0.25, 0.3) is 5.56 Å². The molecule has 0 saturated carbocycles. The SMILES string of the molecule is O=C(NCCCN1CCOCC1)[C@H]1CCCN(c2nc3ccccc3n(Cc3ccccc3)c2=O)C1. The van der Waals surface area contributed by atoms with Gasteiger partial charge in [0.05, 0.1) is 36.7 Å². The topological polar surface area (TPSA) is 79.7 Å². The third-order valence-corrected chi connectivity index (χ3v) is 7.16. The number of carbonyl (C=O) groups is 1. The minimum atomic E-state index is -0.141. The van der Waals surface area contributed by atoms with Crippen LogP contribution in [0.3, 0.4) is 0 Å². The van der Waals surface area contributed by atoms with E-state index in [1.807, 2.05) is 64.1 Å². The molecule has 1 aromatic heterocycles. The minimum absolute atomic E-state index is 0.0760. The second kappa shape index (κ2) is 11.7. The van der Waals surface area contributed by atoms with Gasteiger partial charge in [0.1, 0.15) is 0 Å². The van der Waals surface area contributed by atoms with Crippen molar-refractivity contribution in [2.24, 2.45) is 5.92 Å². The molecule has 0 aliphatic carbocycles. The van der Waals surface area contributed by atoms with Crippen molar-refractivity contribution in [3.05, 3.63) is 70.5 Å². The Morgan fingerprint density at radius 3 is 2.64 bits per heavy atom. The second-order valence-electron chi connectivity index (χ2n) is 9.68. The molecular formula is C28H35N5O3. The first kappa shape index (κ1) is 24.5. The molecule has 0 spiro atoms. The van der Waals surface area contributed by atoms with Crippen LogP contribution in [-0.4, -0.2) is 72.8 Å². The molecular weight excluding hydrogens is 454 g/mol. The van der Waals surface area contributed by atoms with E-state index in [2.05, 4.69) is 10.2 Å². The molecule has 1 N–H and O–H groups in total. The number of para-hydroxylation sites is 2. The van der Waals surface area contributed by atoms with Crippen molar-refractivity contribution in [2.75, 3.05) is 57.4 Å². The average Bonchev–Trinajstić information content (AvgIpc) is 2.93. The van der Waals surface area contributed by atoms with E-state index in [4.69, 9.17) is 9.72 Å². The number of hydrogen-bond acceptors (Lipinski definition) is 6. The van der Waals surface area contributed by atoms with Gasteiger partial charge in [-0.2, -0.15) is 0 Å². The number of aromatic nitrogens is 2. The van der Waals surface area contributed by atoms with E-state index in [9.17, 15) is 9.59 Å². The number of rotatable bonds is 8. The van der Waals surface area contributed by atoms with E-state index in [-0.39, 0.29) is 17.4 Å². The molecule has 0 bridgehead atoms. The minimum Gasteiger partial charge on any atom is -0.379 e. The predicted molar refractivity (Wildman–Crippen MR) is 141 cm³/mol. The molecule has 5 rings (SSSR count). The van der Waals surface area contributed by atoms with E-state index in [1.165, 1.54) is 0 Å². The van der Waals surface area contributed by atoms with Crippen LogP contribution in [0.1, 0.15) is 24.8 Å². The van der Waals surface area contributed by atoms with E-state index in [0.29, 0.717) is 25.5 Å². The number of amides is 1. The summed E-state index contributed by atoms with van der Waals surface area (Å²) in [4.78, 5) is 35.8. The van der Waals surface area contributed by atoms with Crippen molar-refractivity contribution < 1.29 is 9.53 Å². The Bertz CT molecular complexity index is 1220. The fraction of sp³-hybridized carbons (Fsp3) is 0.464. The first-order chi connectivity index (χ1) is 17.7. The number of fused-ring (bicyclic) bond motifs is 1. The molecule has 3 heterocycles. The highest BCUT2D eigenvalue weighted by atomic mass is 16.5. The first-order valence-electron chi connectivity index (χ1n) is 13.1. The zero-order valence-electron chi connectivity index (χ0n) is 20.8. The highest BCUT2D eigenvalue weighted by Crippen LogP contribution is 2.22. The summed E-state index contributed by atoms with van der Waals surface area (Å²) >= 11 is 0. The highest BCUT2D eigenvalue weighted by Gasteiger charge is 2.28. The Hall–Kier alpha value is -3.23. The van der Waals surface area contributed by atoms with Crippen LogP contribution in [0.25, 0.3) is 11.0 Å². The lowest BCUT2D eigenvalue weighted by atomic mass is 9.97. The summed E-state index contributed by atoms with van der Waals surface area (Å²) in [5.41, 5.74) is 2.57. The lowest BCUT2D eigenvalue weighted by molar-refractivity contribution is -0.125. The molecule has 0 unspecified atom stereocenters. The van der Waals surface area contributed by atoms with Gasteiger partial charge in [-0.1, -0.05) is 42.5 Å². The highest BCUT2D eigenvalue weighted by molar-refractivity contribution is 5.80. The molecule has 2 aromatic carbocycles. The van der Waals surface area contributed by atoms with Gasteiger partial charge in [-0.15, -0.1) is 0 Å². The number of nitrogens with zero attached hydrogens (tertiary/aromatic N) is 4. The average molecular weight is 490 g/mol. The molecule has 1 amide bonds. The van der Waals surface area contributed by atoms with Gasteiger partial charge in [0.2, 0.25) is 5.91 Å². The standard InChI is InChI=1S/C28H35N5O3/c34-27(29-13-7-14-31-16-18-36-19-17-31)23-10-6-15-32(21-23)26-28(35)33(20-22-8-2-1-3-9-22)25-12-5-4-11-24(25)30-26/h1-5,8-9,11-12,23H,6-7,10,13-21H2,(H,29,34)/t23-/m0/s1. The fourth-order valence-electron chi connectivity index (χ4n) is 5.17. The Kier molecular flexibility index (Phi) is 7.93. The summed E-state index contributed by atoms with van der Waals surface area (Å²) in [5, 5.41) is 3.13. The van der Waals surface area contributed by atoms with Crippen molar-refractivity contribution >= 4 is 22.8 Å². The molecule has 2 saturated heterocycles. The molecule has 8 nitrogen and oxygen atoms in total. The Balaban J connectivity index is 1.28. The second-order valence-corrected chi connectivity index (χ2v) is 9.68. The molecule has 2 aliphatic heterocycles. The van der Waals surface area contributed by atoms with Crippen molar-refractivity contribution in [1.82, 2.24) is 19.8 Å². The third-order valence-electron chi connectivity index (χ3n) is 7.16. The number of ether oxygens (including phenoxy) is 1. The van der Waals surface area contributed by atoms with E-state index >= 15 is 0 Å². The normalized spacial score (nSPS) is 18.9. The van der Waals surface area contributed by atoms with E-state index < -0.39 is 0 Å². The smallest absolute Gasteiger partial charge is 0.294 e. The number of piperidine rings is 1. The summed E-state index contributed by atoms with van der Waals surface area (Å²) in [6.07, 6.45) is 2.62. The van der Waals surface area contributed by atoms with Gasteiger partial charge in [0.15, 0.2) is 5.82 Å². The number of carbonyl (C=O) groups excluding carboxylic acids is 1.